The van der Waals surface area contributed by atoms with E-state index in [0.717, 1.165) is 22.5 Å². The maximum Gasteiger partial charge on any atom is 0.226 e. The third kappa shape index (κ3) is 4.93. The third-order valence-corrected chi connectivity index (χ3v) is 4.94. The van der Waals surface area contributed by atoms with Gasteiger partial charge in [0.1, 0.15) is 5.82 Å². The standard InChI is InChI=1S/C25H23N5O2/c26-16-6-7-18-32-22-13-8-17-27-25(22)29-24(31)15-14-23-28-20-11-4-5-12-21(20)30(23)19-9-2-1-3-10-19/h1-5,8-13,17H,6-7,14-15,18H2,(H,27,29,31). The van der Waals surface area contributed by atoms with Gasteiger partial charge in [0.05, 0.1) is 23.7 Å². The second kappa shape index (κ2) is 10.2. The molecule has 0 aliphatic heterocycles. The van der Waals surface area contributed by atoms with Crippen molar-refractivity contribution in [2.75, 3.05) is 11.9 Å². The summed E-state index contributed by atoms with van der Waals surface area (Å²) in [6, 6.07) is 23.5. The number of aryl methyl sites for hydroxylation is 1. The molecule has 0 spiro atoms. The lowest BCUT2D eigenvalue weighted by Gasteiger charge is -2.12. The van der Waals surface area contributed by atoms with Crippen molar-refractivity contribution < 1.29 is 9.53 Å². The molecule has 0 radical (unpaired) electrons. The Morgan fingerprint density at radius 2 is 1.88 bits per heavy atom. The van der Waals surface area contributed by atoms with Gasteiger partial charge in [0.25, 0.3) is 0 Å². The topological polar surface area (TPSA) is 92.8 Å². The van der Waals surface area contributed by atoms with Gasteiger partial charge in [-0.05, 0) is 42.8 Å². The predicted molar refractivity (Wildman–Crippen MR) is 123 cm³/mol. The van der Waals surface area contributed by atoms with Crippen molar-refractivity contribution in [3.63, 3.8) is 0 Å². The molecule has 2 heterocycles. The fourth-order valence-corrected chi connectivity index (χ4v) is 3.46. The quantitative estimate of drug-likeness (QED) is 0.393. The lowest BCUT2D eigenvalue weighted by atomic mass is 10.2. The highest BCUT2D eigenvalue weighted by atomic mass is 16.5. The molecule has 160 valence electrons. The number of unbranched alkanes of at least 4 members (excludes halogenated alkanes) is 1. The van der Waals surface area contributed by atoms with Gasteiger partial charge in [-0.1, -0.05) is 30.3 Å². The van der Waals surface area contributed by atoms with Crippen molar-refractivity contribution in [3.05, 3.63) is 78.8 Å². The van der Waals surface area contributed by atoms with E-state index in [1.54, 1.807) is 18.3 Å². The van der Waals surface area contributed by atoms with Crippen LogP contribution < -0.4 is 10.1 Å². The summed E-state index contributed by atoms with van der Waals surface area (Å²) < 4.78 is 7.77. The van der Waals surface area contributed by atoms with Gasteiger partial charge >= 0.3 is 0 Å². The normalized spacial score (nSPS) is 10.6. The highest BCUT2D eigenvalue weighted by Crippen LogP contribution is 2.24. The predicted octanol–water partition coefficient (Wildman–Crippen LogP) is 4.67. The van der Waals surface area contributed by atoms with Crippen molar-refractivity contribution in [2.45, 2.75) is 25.7 Å². The monoisotopic (exact) mass is 425 g/mol. The summed E-state index contributed by atoms with van der Waals surface area (Å²) in [5, 5.41) is 11.5. The van der Waals surface area contributed by atoms with Crippen molar-refractivity contribution >= 4 is 22.8 Å². The summed E-state index contributed by atoms with van der Waals surface area (Å²) in [5.74, 6) is 1.53. The number of imidazole rings is 1. The first-order chi connectivity index (χ1) is 15.8. The summed E-state index contributed by atoms with van der Waals surface area (Å²) in [6.45, 7) is 0.392. The second-order valence-electron chi connectivity index (χ2n) is 7.20. The van der Waals surface area contributed by atoms with Crippen LogP contribution in [-0.4, -0.2) is 27.0 Å². The van der Waals surface area contributed by atoms with Crippen LogP contribution in [0.4, 0.5) is 5.82 Å². The van der Waals surface area contributed by atoms with Crippen LogP contribution in [0.1, 0.15) is 25.1 Å². The van der Waals surface area contributed by atoms with E-state index in [1.165, 1.54) is 0 Å². The van der Waals surface area contributed by atoms with Crippen LogP contribution in [0.3, 0.4) is 0 Å². The molecule has 32 heavy (non-hydrogen) atoms. The Kier molecular flexibility index (Phi) is 6.73. The molecule has 0 aliphatic rings. The van der Waals surface area contributed by atoms with Gasteiger partial charge in [0, 0.05) is 31.1 Å². The summed E-state index contributed by atoms with van der Waals surface area (Å²) in [6.07, 6.45) is 3.37. The average molecular weight is 425 g/mol. The smallest absolute Gasteiger partial charge is 0.226 e. The Hall–Kier alpha value is -4.18. The average Bonchev–Trinajstić information content (AvgIpc) is 3.20. The van der Waals surface area contributed by atoms with Crippen LogP contribution >= 0.6 is 0 Å². The van der Waals surface area contributed by atoms with Gasteiger partial charge in [-0.25, -0.2) is 9.97 Å². The number of hydrogen-bond donors (Lipinski definition) is 1. The zero-order chi connectivity index (χ0) is 22.2. The number of pyridine rings is 1. The van der Waals surface area contributed by atoms with Crippen LogP contribution in [0, 0.1) is 11.3 Å². The van der Waals surface area contributed by atoms with E-state index in [0.29, 0.717) is 37.4 Å². The van der Waals surface area contributed by atoms with Crippen LogP contribution in [0.2, 0.25) is 0 Å². The molecule has 1 N–H and O–H groups in total. The number of nitriles is 1. The number of ether oxygens (including phenoxy) is 1. The first-order valence-electron chi connectivity index (χ1n) is 10.5. The molecule has 0 saturated carbocycles. The number of carbonyl (C=O) groups is 1. The highest BCUT2D eigenvalue weighted by molar-refractivity contribution is 5.91. The number of nitrogens with zero attached hydrogens (tertiary/aromatic N) is 4. The zero-order valence-corrected chi connectivity index (χ0v) is 17.6. The van der Waals surface area contributed by atoms with Crippen LogP contribution in [-0.2, 0) is 11.2 Å². The molecule has 4 aromatic rings. The van der Waals surface area contributed by atoms with E-state index in [-0.39, 0.29) is 12.3 Å². The molecule has 0 aliphatic carbocycles. The van der Waals surface area contributed by atoms with Crippen LogP contribution in [0.15, 0.2) is 72.9 Å². The van der Waals surface area contributed by atoms with Gasteiger partial charge in [-0.2, -0.15) is 5.26 Å². The number of benzene rings is 2. The maximum atomic E-state index is 12.7. The van der Waals surface area contributed by atoms with E-state index in [1.807, 2.05) is 54.6 Å². The second-order valence-corrected chi connectivity index (χ2v) is 7.20. The van der Waals surface area contributed by atoms with Gasteiger partial charge in [0.15, 0.2) is 11.6 Å². The summed E-state index contributed by atoms with van der Waals surface area (Å²) in [5.41, 5.74) is 2.91. The number of anilines is 1. The number of amides is 1. The van der Waals surface area contributed by atoms with E-state index in [9.17, 15) is 4.79 Å². The maximum absolute atomic E-state index is 12.7. The zero-order valence-electron chi connectivity index (χ0n) is 17.6. The molecule has 0 bridgehead atoms. The van der Waals surface area contributed by atoms with Crippen molar-refractivity contribution in [1.82, 2.24) is 14.5 Å². The van der Waals surface area contributed by atoms with Crippen molar-refractivity contribution in [2.24, 2.45) is 0 Å². The Morgan fingerprint density at radius 1 is 1.06 bits per heavy atom. The SMILES string of the molecule is N#CCCCOc1cccnc1NC(=O)CCc1nc2ccccc2n1-c1ccccc1. The fourth-order valence-electron chi connectivity index (χ4n) is 3.46. The molecular weight excluding hydrogens is 402 g/mol. The fraction of sp³-hybridized carbons (Fsp3) is 0.200. The minimum absolute atomic E-state index is 0.169. The minimum atomic E-state index is -0.169. The molecule has 2 aromatic heterocycles. The van der Waals surface area contributed by atoms with Crippen LogP contribution in [0.5, 0.6) is 5.75 Å². The molecule has 7 nitrogen and oxygen atoms in total. The molecule has 4 rings (SSSR count). The summed E-state index contributed by atoms with van der Waals surface area (Å²) >= 11 is 0. The molecule has 2 aromatic carbocycles. The highest BCUT2D eigenvalue weighted by Gasteiger charge is 2.15. The van der Waals surface area contributed by atoms with E-state index < -0.39 is 0 Å². The molecule has 0 atom stereocenters. The lowest BCUT2D eigenvalue weighted by molar-refractivity contribution is -0.116. The molecule has 7 heteroatoms. The Morgan fingerprint density at radius 3 is 2.72 bits per heavy atom. The molecule has 0 unspecified atom stereocenters. The van der Waals surface area contributed by atoms with Gasteiger partial charge in [-0.15, -0.1) is 0 Å². The number of para-hydroxylation sites is 3. The van der Waals surface area contributed by atoms with E-state index in [4.69, 9.17) is 15.0 Å². The molecular formula is C25H23N5O2. The lowest BCUT2D eigenvalue weighted by Crippen LogP contribution is -2.15. The number of hydrogen-bond acceptors (Lipinski definition) is 5. The van der Waals surface area contributed by atoms with Gasteiger partial charge in [0.2, 0.25) is 5.91 Å². The number of fused-ring (bicyclic) bond motifs is 1. The molecule has 0 fully saturated rings. The third-order valence-electron chi connectivity index (χ3n) is 4.94. The summed E-state index contributed by atoms with van der Waals surface area (Å²) in [7, 11) is 0. The Labute approximate surface area is 186 Å². The Balaban J connectivity index is 1.47. The van der Waals surface area contributed by atoms with Gasteiger partial charge < -0.3 is 10.1 Å². The van der Waals surface area contributed by atoms with Gasteiger partial charge in [-0.3, -0.25) is 9.36 Å². The van der Waals surface area contributed by atoms with E-state index >= 15 is 0 Å². The number of nitrogens with one attached hydrogen (secondary N) is 1. The van der Waals surface area contributed by atoms with Crippen molar-refractivity contribution in [1.29, 1.82) is 5.26 Å². The van der Waals surface area contributed by atoms with Crippen LogP contribution in [0.25, 0.3) is 16.7 Å². The number of rotatable bonds is 9. The number of aromatic nitrogens is 3. The first kappa shape index (κ1) is 21.1. The largest absolute Gasteiger partial charge is 0.490 e. The minimum Gasteiger partial charge on any atom is -0.490 e. The molecule has 1 amide bonds. The Bertz CT molecular complexity index is 1240. The number of carbonyl (C=O) groups excluding carboxylic acids is 1. The molecule has 0 saturated heterocycles. The first-order valence-corrected chi connectivity index (χ1v) is 10.5. The summed E-state index contributed by atoms with van der Waals surface area (Å²) in [4.78, 5) is 21.7. The van der Waals surface area contributed by atoms with Crippen molar-refractivity contribution in [3.8, 4) is 17.5 Å². The van der Waals surface area contributed by atoms with E-state index in [2.05, 4.69) is 20.9 Å².